The van der Waals surface area contributed by atoms with Crippen molar-refractivity contribution < 1.29 is 13.2 Å². The summed E-state index contributed by atoms with van der Waals surface area (Å²) < 4.78 is 27.1. The molecule has 2 aromatic carbocycles. The van der Waals surface area contributed by atoms with Crippen LogP contribution in [0.25, 0.3) is 0 Å². The predicted molar refractivity (Wildman–Crippen MR) is 96.7 cm³/mol. The van der Waals surface area contributed by atoms with E-state index in [2.05, 4.69) is 5.32 Å². The molecular formula is C18H19ClN2O3S. The summed E-state index contributed by atoms with van der Waals surface area (Å²) in [5.41, 5.74) is 0.767. The lowest BCUT2D eigenvalue weighted by Crippen LogP contribution is -2.41. The molecule has 5 nitrogen and oxygen atoms in total. The molecule has 0 bridgehead atoms. The van der Waals surface area contributed by atoms with Gasteiger partial charge in [0.25, 0.3) is 0 Å². The third-order valence-electron chi connectivity index (χ3n) is 3.92. The van der Waals surface area contributed by atoms with Crippen LogP contribution in [0.1, 0.15) is 18.4 Å². The molecule has 0 aromatic heterocycles. The molecule has 2 aromatic rings. The van der Waals surface area contributed by atoms with Gasteiger partial charge in [0.15, 0.2) is 0 Å². The standard InChI is InChI=1S/C18H19ClN2O3S/c19-15-8-6-14(7-9-15)12-21(13-18(22)20-16-10-11-16)25(23,24)17-4-2-1-3-5-17/h1-9,16H,10-13H2,(H,20,22). The zero-order chi connectivity index (χ0) is 17.9. The van der Waals surface area contributed by atoms with Crippen molar-refractivity contribution in [1.29, 1.82) is 0 Å². The van der Waals surface area contributed by atoms with E-state index in [9.17, 15) is 13.2 Å². The third-order valence-corrected chi connectivity index (χ3v) is 5.97. The van der Waals surface area contributed by atoms with Crippen molar-refractivity contribution in [3.8, 4) is 0 Å². The molecule has 3 rings (SSSR count). The predicted octanol–water partition coefficient (Wildman–Crippen LogP) is 2.81. The molecule has 0 unspecified atom stereocenters. The maximum Gasteiger partial charge on any atom is 0.243 e. The van der Waals surface area contributed by atoms with Crippen molar-refractivity contribution in [2.24, 2.45) is 0 Å². The Balaban J connectivity index is 1.84. The number of halogens is 1. The molecule has 1 aliphatic rings. The molecule has 132 valence electrons. The monoisotopic (exact) mass is 378 g/mol. The highest BCUT2D eigenvalue weighted by Gasteiger charge is 2.29. The fraction of sp³-hybridized carbons (Fsp3) is 0.278. The lowest BCUT2D eigenvalue weighted by Gasteiger charge is -2.22. The van der Waals surface area contributed by atoms with Gasteiger partial charge in [0.2, 0.25) is 15.9 Å². The topological polar surface area (TPSA) is 66.5 Å². The highest BCUT2D eigenvalue weighted by atomic mass is 35.5. The van der Waals surface area contributed by atoms with E-state index in [1.54, 1.807) is 42.5 Å². The van der Waals surface area contributed by atoms with Crippen LogP contribution in [0.2, 0.25) is 5.02 Å². The van der Waals surface area contributed by atoms with Crippen LogP contribution in [0.3, 0.4) is 0 Å². The number of nitrogens with one attached hydrogen (secondary N) is 1. The fourth-order valence-electron chi connectivity index (χ4n) is 2.42. The highest BCUT2D eigenvalue weighted by molar-refractivity contribution is 7.89. The Labute approximate surface area is 152 Å². The molecule has 0 atom stereocenters. The van der Waals surface area contributed by atoms with Crippen molar-refractivity contribution in [2.75, 3.05) is 6.54 Å². The Bertz CT molecular complexity index is 834. The van der Waals surface area contributed by atoms with Crippen molar-refractivity contribution >= 4 is 27.5 Å². The third kappa shape index (κ3) is 4.81. The maximum atomic E-state index is 13.0. The number of nitrogens with zero attached hydrogens (tertiary/aromatic N) is 1. The Morgan fingerprint density at radius 2 is 1.72 bits per heavy atom. The second kappa shape index (κ2) is 7.56. The van der Waals surface area contributed by atoms with Crippen molar-refractivity contribution in [3.63, 3.8) is 0 Å². The fourth-order valence-corrected chi connectivity index (χ4v) is 3.95. The number of sulfonamides is 1. The highest BCUT2D eigenvalue weighted by Crippen LogP contribution is 2.21. The van der Waals surface area contributed by atoms with Gasteiger partial charge in [0, 0.05) is 17.6 Å². The first-order chi connectivity index (χ1) is 11.9. The number of carbonyl (C=O) groups excluding carboxylic acids is 1. The van der Waals surface area contributed by atoms with E-state index in [0.717, 1.165) is 18.4 Å². The Hall–Kier alpha value is -1.89. The lowest BCUT2D eigenvalue weighted by molar-refractivity contribution is -0.121. The first-order valence-electron chi connectivity index (χ1n) is 8.04. The number of amides is 1. The smallest absolute Gasteiger partial charge is 0.243 e. The van der Waals surface area contributed by atoms with Gasteiger partial charge in [-0.2, -0.15) is 4.31 Å². The van der Waals surface area contributed by atoms with Crippen molar-refractivity contribution in [3.05, 3.63) is 65.2 Å². The second-order valence-electron chi connectivity index (χ2n) is 6.05. The van der Waals surface area contributed by atoms with E-state index in [0.29, 0.717) is 5.02 Å². The van der Waals surface area contributed by atoms with Crippen LogP contribution in [0, 0.1) is 0 Å². The quantitative estimate of drug-likeness (QED) is 0.805. The molecule has 25 heavy (non-hydrogen) atoms. The minimum Gasteiger partial charge on any atom is -0.352 e. The van der Waals surface area contributed by atoms with E-state index >= 15 is 0 Å². The Kier molecular flexibility index (Phi) is 5.42. The van der Waals surface area contributed by atoms with E-state index in [1.165, 1.54) is 16.4 Å². The summed E-state index contributed by atoms with van der Waals surface area (Å²) in [7, 11) is -3.78. The van der Waals surface area contributed by atoms with Gasteiger partial charge in [-0.05, 0) is 42.7 Å². The summed E-state index contributed by atoms with van der Waals surface area (Å²) in [6, 6.07) is 15.2. The molecule has 0 saturated heterocycles. The van der Waals surface area contributed by atoms with Crippen molar-refractivity contribution in [1.82, 2.24) is 9.62 Å². The molecule has 1 aliphatic carbocycles. The summed E-state index contributed by atoms with van der Waals surface area (Å²) >= 11 is 5.89. The van der Waals surface area contributed by atoms with Crippen LogP contribution >= 0.6 is 11.6 Å². The first kappa shape index (κ1) is 17.9. The number of carbonyl (C=O) groups is 1. The van der Waals surface area contributed by atoms with Crippen molar-refractivity contribution in [2.45, 2.75) is 30.3 Å². The van der Waals surface area contributed by atoms with Crippen LogP contribution in [0.15, 0.2) is 59.5 Å². The summed E-state index contributed by atoms with van der Waals surface area (Å²) in [6.07, 6.45) is 1.91. The second-order valence-corrected chi connectivity index (χ2v) is 8.43. The van der Waals surface area contributed by atoms with Gasteiger partial charge in [-0.25, -0.2) is 8.42 Å². The Morgan fingerprint density at radius 1 is 1.08 bits per heavy atom. The lowest BCUT2D eigenvalue weighted by atomic mass is 10.2. The van der Waals surface area contributed by atoms with Gasteiger partial charge in [-0.1, -0.05) is 41.9 Å². The molecule has 0 radical (unpaired) electrons. The molecule has 1 fully saturated rings. The SMILES string of the molecule is O=C(CN(Cc1ccc(Cl)cc1)S(=O)(=O)c1ccccc1)NC1CC1. The molecule has 1 N–H and O–H groups in total. The van der Waals surface area contributed by atoms with Gasteiger partial charge in [-0.15, -0.1) is 0 Å². The average molecular weight is 379 g/mol. The average Bonchev–Trinajstić information content (AvgIpc) is 3.41. The van der Waals surface area contributed by atoms with E-state index in [-0.39, 0.29) is 29.9 Å². The Morgan fingerprint density at radius 3 is 2.32 bits per heavy atom. The van der Waals surface area contributed by atoms with Crippen LogP contribution in [0.4, 0.5) is 0 Å². The summed E-state index contributed by atoms with van der Waals surface area (Å²) in [6.45, 7) is -0.108. The molecule has 1 amide bonds. The molecule has 0 aliphatic heterocycles. The van der Waals surface area contributed by atoms with Gasteiger partial charge >= 0.3 is 0 Å². The van der Waals surface area contributed by atoms with Crippen LogP contribution in [0.5, 0.6) is 0 Å². The zero-order valence-corrected chi connectivity index (χ0v) is 15.1. The minimum atomic E-state index is -3.78. The number of hydrogen-bond acceptors (Lipinski definition) is 3. The number of hydrogen-bond donors (Lipinski definition) is 1. The maximum absolute atomic E-state index is 13.0. The molecule has 0 heterocycles. The van der Waals surface area contributed by atoms with E-state index in [4.69, 9.17) is 11.6 Å². The molecule has 7 heteroatoms. The number of benzene rings is 2. The molecule has 0 spiro atoms. The normalized spacial score (nSPS) is 14.5. The minimum absolute atomic E-state index is 0.104. The van der Waals surface area contributed by atoms with Gasteiger partial charge in [-0.3, -0.25) is 4.79 Å². The van der Waals surface area contributed by atoms with Gasteiger partial charge in [0.1, 0.15) is 0 Å². The van der Waals surface area contributed by atoms with Gasteiger partial charge < -0.3 is 5.32 Å². The van der Waals surface area contributed by atoms with E-state index < -0.39 is 10.0 Å². The summed E-state index contributed by atoms with van der Waals surface area (Å²) in [5.74, 6) is -0.282. The zero-order valence-electron chi connectivity index (χ0n) is 13.6. The molecular weight excluding hydrogens is 360 g/mol. The largest absolute Gasteiger partial charge is 0.352 e. The summed E-state index contributed by atoms with van der Waals surface area (Å²) in [4.78, 5) is 12.4. The first-order valence-corrected chi connectivity index (χ1v) is 9.86. The number of rotatable bonds is 7. The summed E-state index contributed by atoms with van der Waals surface area (Å²) in [5, 5.41) is 3.41. The molecule has 1 saturated carbocycles. The van der Waals surface area contributed by atoms with Gasteiger partial charge in [0.05, 0.1) is 11.4 Å². The van der Waals surface area contributed by atoms with E-state index in [1.807, 2.05) is 0 Å². The van der Waals surface area contributed by atoms with Crippen LogP contribution in [-0.2, 0) is 21.4 Å². The van der Waals surface area contributed by atoms with Crippen LogP contribution in [-0.4, -0.2) is 31.2 Å². The van der Waals surface area contributed by atoms with Crippen LogP contribution < -0.4 is 5.32 Å².